The van der Waals surface area contributed by atoms with E-state index in [0.29, 0.717) is 16.8 Å². The summed E-state index contributed by atoms with van der Waals surface area (Å²) in [5, 5.41) is 9.04. The van der Waals surface area contributed by atoms with Crippen LogP contribution in [-0.4, -0.2) is 40.3 Å². The van der Waals surface area contributed by atoms with Crippen molar-refractivity contribution in [2.24, 2.45) is 0 Å². The first kappa shape index (κ1) is 20.7. The molecular formula is C18H22BFO5S. The average molecular weight is 380 g/mol. The van der Waals surface area contributed by atoms with Crippen molar-refractivity contribution < 1.29 is 28.4 Å². The molecule has 5 nitrogen and oxygen atoms in total. The van der Waals surface area contributed by atoms with Crippen LogP contribution in [0.3, 0.4) is 0 Å². The van der Waals surface area contributed by atoms with Gasteiger partial charge in [0, 0.05) is 12.7 Å². The molecular weight excluding hydrogens is 358 g/mol. The van der Waals surface area contributed by atoms with E-state index in [1.54, 1.807) is 6.08 Å². The van der Waals surface area contributed by atoms with E-state index in [9.17, 15) is 14.0 Å². The van der Waals surface area contributed by atoms with Crippen LogP contribution in [0.2, 0.25) is 0 Å². The lowest BCUT2D eigenvalue weighted by Crippen LogP contribution is -2.41. The number of halogens is 1. The summed E-state index contributed by atoms with van der Waals surface area (Å²) < 4.78 is 25.8. The number of thioether (sulfide) groups is 1. The van der Waals surface area contributed by atoms with E-state index in [1.165, 1.54) is 19.1 Å². The summed E-state index contributed by atoms with van der Waals surface area (Å²) in [5.74, 6) is -1.57. The summed E-state index contributed by atoms with van der Waals surface area (Å²) in [7, 11) is -0.705. The van der Waals surface area contributed by atoms with Crippen molar-refractivity contribution in [2.75, 3.05) is 5.75 Å². The fourth-order valence-electron chi connectivity index (χ4n) is 2.39. The third kappa shape index (κ3) is 4.75. The fourth-order valence-corrected chi connectivity index (χ4v) is 2.98. The summed E-state index contributed by atoms with van der Waals surface area (Å²) in [5.41, 5.74) is -0.275. The molecule has 1 N–H and O–H groups in total. The maximum atomic E-state index is 13.8. The van der Waals surface area contributed by atoms with Crippen molar-refractivity contribution >= 4 is 36.0 Å². The maximum absolute atomic E-state index is 13.8. The van der Waals surface area contributed by atoms with Gasteiger partial charge in [0.2, 0.25) is 0 Å². The summed E-state index contributed by atoms with van der Waals surface area (Å²) in [4.78, 5) is 22.5. The van der Waals surface area contributed by atoms with Gasteiger partial charge in [0.05, 0.1) is 16.8 Å². The molecule has 26 heavy (non-hydrogen) atoms. The summed E-state index contributed by atoms with van der Waals surface area (Å²) in [6.45, 7) is 9.10. The van der Waals surface area contributed by atoms with Crippen LogP contribution in [0.1, 0.15) is 50.5 Å². The highest BCUT2D eigenvalue weighted by Crippen LogP contribution is 2.39. The Kier molecular flexibility index (Phi) is 6.00. The molecule has 1 saturated heterocycles. The van der Waals surface area contributed by atoms with Gasteiger partial charge in [-0.05, 0) is 56.9 Å². The van der Waals surface area contributed by atoms with Crippen LogP contribution in [0, 0.1) is 5.82 Å². The van der Waals surface area contributed by atoms with Crippen LogP contribution in [0.4, 0.5) is 4.39 Å². The minimum atomic E-state index is -1.21. The second-order valence-corrected chi connectivity index (χ2v) is 8.32. The number of rotatable bonds is 5. The van der Waals surface area contributed by atoms with E-state index in [1.807, 2.05) is 27.7 Å². The van der Waals surface area contributed by atoms with Gasteiger partial charge in [-0.1, -0.05) is 17.8 Å². The SMILES string of the molecule is CC(=O)SCC(=Cc1cc(F)cc(C(=O)O)c1)B1OC(C)(C)C(C)(C)O1. The highest BCUT2D eigenvalue weighted by Gasteiger charge is 2.52. The van der Waals surface area contributed by atoms with Crippen LogP contribution >= 0.6 is 11.8 Å². The topological polar surface area (TPSA) is 72.8 Å². The molecule has 8 heteroatoms. The Labute approximate surface area is 157 Å². The van der Waals surface area contributed by atoms with Crippen molar-refractivity contribution in [3.8, 4) is 0 Å². The highest BCUT2D eigenvalue weighted by atomic mass is 32.2. The predicted octanol–water partition coefficient (Wildman–Crippen LogP) is 3.82. The average Bonchev–Trinajstić information content (AvgIpc) is 2.70. The van der Waals surface area contributed by atoms with Gasteiger partial charge in [0.15, 0.2) is 5.12 Å². The van der Waals surface area contributed by atoms with Crippen molar-refractivity contribution in [3.63, 3.8) is 0 Å². The standard InChI is InChI=1S/C18H22BFO5S/c1-11(21)26-10-14(19-24-17(2,3)18(4,5)25-19)7-12-6-13(16(22)23)9-15(20)8-12/h6-9H,10H2,1-5H3,(H,22,23). The van der Waals surface area contributed by atoms with Crippen LogP contribution in [0.5, 0.6) is 0 Å². The van der Waals surface area contributed by atoms with E-state index >= 15 is 0 Å². The van der Waals surface area contributed by atoms with Crippen molar-refractivity contribution in [2.45, 2.75) is 45.8 Å². The molecule has 0 aromatic heterocycles. The Bertz CT molecular complexity index is 744. The Morgan fingerprint density at radius 3 is 2.27 bits per heavy atom. The molecule has 0 aliphatic carbocycles. The van der Waals surface area contributed by atoms with E-state index in [2.05, 4.69) is 0 Å². The fraction of sp³-hybridized carbons (Fsp3) is 0.444. The molecule has 1 aliphatic heterocycles. The van der Waals surface area contributed by atoms with Crippen LogP contribution in [0.25, 0.3) is 6.08 Å². The first-order valence-electron chi connectivity index (χ1n) is 8.14. The Balaban J connectivity index is 2.41. The van der Waals surface area contributed by atoms with Crippen molar-refractivity contribution in [1.29, 1.82) is 0 Å². The molecule has 2 rings (SSSR count). The van der Waals surface area contributed by atoms with Gasteiger partial charge in [0.25, 0.3) is 0 Å². The van der Waals surface area contributed by atoms with E-state index in [-0.39, 0.29) is 10.7 Å². The lowest BCUT2D eigenvalue weighted by atomic mass is 9.78. The number of hydrogen-bond donors (Lipinski definition) is 1. The molecule has 0 unspecified atom stereocenters. The molecule has 0 atom stereocenters. The zero-order valence-electron chi connectivity index (χ0n) is 15.5. The summed E-state index contributed by atoms with van der Waals surface area (Å²) >= 11 is 1.08. The number of aromatic carboxylic acids is 1. The second kappa shape index (κ2) is 7.54. The molecule has 140 valence electrons. The van der Waals surface area contributed by atoms with Crippen LogP contribution in [0.15, 0.2) is 23.7 Å². The van der Waals surface area contributed by atoms with Crippen molar-refractivity contribution in [3.05, 3.63) is 40.6 Å². The minimum absolute atomic E-state index is 0.0714. The number of carbonyl (C=O) groups excluding carboxylic acids is 1. The van der Waals surface area contributed by atoms with Gasteiger partial charge in [-0.15, -0.1) is 0 Å². The Hall–Kier alpha value is -1.64. The monoisotopic (exact) mass is 380 g/mol. The highest BCUT2D eigenvalue weighted by molar-refractivity contribution is 8.13. The normalized spacial score (nSPS) is 18.8. The zero-order chi connectivity index (χ0) is 19.7. The van der Waals surface area contributed by atoms with Gasteiger partial charge < -0.3 is 14.4 Å². The summed E-state index contributed by atoms with van der Waals surface area (Å²) in [6, 6.07) is 3.56. The van der Waals surface area contributed by atoms with Crippen LogP contribution < -0.4 is 0 Å². The van der Waals surface area contributed by atoms with Gasteiger partial charge in [0.1, 0.15) is 5.82 Å². The lowest BCUT2D eigenvalue weighted by Gasteiger charge is -2.32. The smallest absolute Gasteiger partial charge is 0.478 e. The number of carboxylic acids is 1. The molecule has 0 saturated carbocycles. The van der Waals surface area contributed by atoms with E-state index < -0.39 is 30.1 Å². The second-order valence-electron chi connectivity index (χ2n) is 7.17. The molecule has 1 heterocycles. The first-order valence-corrected chi connectivity index (χ1v) is 9.13. The molecule has 1 aliphatic rings. The van der Waals surface area contributed by atoms with E-state index in [4.69, 9.17) is 14.4 Å². The summed E-state index contributed by atoms with van der Waals surface area (Å²) in [6.07, 6.45) is 1.62. The quantitative estimate of drug-likeness (QED) is 0.783. The lowest BCUT2D eigenvalue weighted by molar-refractivity contribution is -0.109. The van der Waals surface area contributed by atoms with Crippen molar-refractivity contribution in [1.82, 2.24) is 0 Å². The number of benzene rings is 1. The molecule has 1 fully saturated rings. The molecule has 0 bridgehead atoms. The first-order chi connectivity index (χ1) is 11.9. The molecule has 0 radical (unpaired) electrons. The third-order valence-corrected chi connectivity index (χ3v) is 5.40. The Morgan fingerprint density at radius 2 is 1.77 bits per heavy atom. The largest absolute Gasteiger partial charge is 0.491 e. The minimum Gasteiger partial charge on any atom is -0.478 e. The van der Waals surface area contributed by atoms with Crippen LogP contribution in [-0.2, 0) is 14.1 Å². The molecule has 1 aromatic carbocycles. The van der Waals surface area contributed by atoms with Gasteiger partial charge in [-0.2, -0.15) is 0 Å². The van der Waals surface area contributed by atoms with Gasteiger partial charge >= 0.3 is 13.1 Å². The number of carbonyl (C=O) groups is 2. The van der Waals surface area contributed by atoms with Gasteiger partial charge in [-0.3, -0.25) is 4.79 Å². The third-order valence-electron chi connectivity index (χ3n) is 4.52. The molecule has 0 spiro atoms. The maximum Gasteiger partial charge on any atom is 0.491 e. The molecule has 1 aromatic rings. The Morgan fingerprint density at radius 1 is 1.19 bits per heavy atom. The number of hydrogen-bond acceptors (Lipinski definition) is 5. The van der Waals surface area contributed by atoms with Gasteiger partial charge in [-0.25, -0.2) is 9.18 Å². The number of carboxylic acid groups (broad SMARTS) is 1. The zero-order valence-corrected chi connectivity index (χ0v) is 16.3. The molecule has 0 amide bonds. The van der Waals surface area contributed by atoms with E-state index in [0.717, 1.165) is 17.8 Å². The predicted molar refractivity (Wildman–Crippen MR) is 101 cm³/mol.